The van der Waals surface area contributed by atoms with Crippen molar-refractivity contribution >= 4 is 5.97 Å². The molecule has 94 valence electrons. The fourth-order valence-corrected chi connectivity index (χ4v) is 2.30. The molecule has 0 amide bonds. The third kappa shape index (κ3) is 2.55. The van der Waals surface area contributed by atoms with Crippen LogP contribution < -0.4 is 0 Å². The molecule has 0 aromatic rings. The molecule has 1 rings (SSSR count). The van der Waals surface area contributed by atoms with E-state index in [1.54, 1.807) is 0 Å². The quantitative estimate of drug-likeness (QED) is 0.686. The average molecular weight is 229 g/mol. The van der Waals surface area contributed by atoms with Crippen molar-refractivity contribution in [1.82, 2.24) is 4.90 Å². The minimum atomic E-state index is -0.527. The molecule has 1 heterocycles. The van der Waals surface area contributed by atoms with Gasteiger partial charge in [-0.2, -0.15) is 0 Å². The lowest BCUT2D eigenvalue weighted by Gasteiger charge is -2.44. The normalized spacial score (nSPS) is 30.8. The van der Waals surface area contributed by atoms with Gasteiger partial charge in [-0.15, -0.1) is 0 Å². The summed E-state index contributed by atoms with van der Waals surface area (Å²) in [6.07, 6.45) is 1.08. The van der Waals surface area contributed by atoms with Gasteiger partial charge in [-0.05, 0) is 27.2 Å². The molecule has 0 aromatic heterocycles. The molecule has 3 atom stereocenters. The summed E-state index contributed by atoms with van der Waals surface area (Å²) >= 11 is 0. The monoisotopic (exact) mass is 229 g/mol. The molecule has 1 fully saturated rings. The van der Waals surface area contributed by atoms with Gasteiger partial charge in [-0.3, -0.25) is 9.69 Å². The van der Waals surface area contributed by atoms with Gasteiger partial charge in [0.15, 0.2) is 0 Å². The van der Waals surface area contributed by atoms with Gasteiger partial charge < -0.3 is 9.47 Å². The van der Waals surface area contributed by atoms with E-state index in [2.05, 4.69) is 4.90 Å². The van der Waals surface area contributed by atoms with Gasteiger partial charge in [0.05, 0.1) is 19.3 Å². The second-order valence-corrected chi connectivity index (χ2v) is 4.78. The fraction of sp³-hybridized carbons (Fsp3) is 0.917. The first-order valence-corrected chi connectivity index (χ1v) is 5.93. The molecule has 1 aliphatic heterocycles. The minimum absolute atomic E-state index is 0.156. The lowest BCUT2D eigenvalue weighted by Crippen LogP contribution is -2.59. The smallest absolute Gasteiger partial charge is 0.325 e. The molecule has 4 nitrogen and oxygen atoms in total. The zero-order chi connectivity index (χ0) is 12.3. The summed E-state index contributed by atoms with van der Waals surface area (Å²) < 4.78 is 10.6. The lowest BCUT2D eigenvalue weighted by molar-refractivity contribution is -0.163. The Bertz CT molecular complexity index is 247. The molecule has 1 aliphatic rings. The first kappa shape index (κ1) is 13.5. The van der Waals surface area contributed by atoms with E-state index in [0.717, 1.165) is 19.5 Å². The zero-order valence-corrected chi connectivity index (χ0v) is 10.9. The van der Waals surface area contributed by atoms with Crippen LogP contribution in [0.1, 0.15) is 34.1 Å². The van der Waals surface area contributed by atoms with Gasteiger partial charge in [0.1, 0.15) is 5.54 Å². The third-order valence-electron chi connectivity index (χ3n) is 3.43. The summed E-state index contributed by atoms with van der Waals surface area (Å²) in [5, 5.41) is 0. The lowest BCUT2D eigenvalue weighted by atomic mass is 9.94. The van der Waals surface area contributed by atoms with Crippen LogP contribution in [0.5, 0.6) is 0 Å². The number of nitrogens with zero attached hydrogens (tertiary/aromatic N) is 1. The van der Waals surface area contributed by atoms with E-state index in [1.807, 2.05) is 27.7 Å². The molecule has 0 bridgehead atoms. The molecule has 0 aromatic carbocycles. The highest BCUT2D eigenvalue weighted by atomic mass is 16.5. The van der Waals surface area contributed by atoms with Crippen molar-refractivity contribution in [2.75, 3.05) is 20.2 Å². The zero-order valence-electron chi connectivity index (χ0n) is 10.9. The van der Waals surface area contributed by atoms with E-state index in [1.165, 1.54) is 7.11 Å². The number of carbonyl (C=O) groups is 1. The second kappa shape index (κ2) is 5.15. The Labute approximate surface area is 97.9 Å². The topological polar surface area (TPSA) is 38.8 Å². The number of rotatable bonds is 3. The number of morpholine rings is 1. The van der Waals surface area contributed by atoms with Gasteiger partial charge >= 0.3 is 5.97 Å². The Morgan fingerprint density at radius 2 is 1.94 bits per heavy atom. The Morgan fingerprint density at radius 1 is 1.44 bits per heavy atom. The Balaban J connectivity index is 2.83. The highest BCUT2D eigenvalue weighted by Gasteiger charge is 2.41. The van der Waals surface area contributed by atoms with Crippen LogP contribution in [0.3, 0.4) is 0 Å². The Hall–Kier alpha value is -0.610. The van der Waals surface area contributed by atoms with Crippen molar-refractivity contribution in [2.24, 2.45) is 0 Å². The van der Waals surface area contributed by atoms with Crippen LogP contribution in [0.4, 0.5) is 0 Å². The minimum Gasteiger partial charge on any atom is -0.468 e. The van der Waals surface area contributed by atoms with Crippen LogP contribution in [-0.2, 0) is 14.3 Å². The van der Waals surface area contributed by atoms with Crippen LogP contribution in [0.2, 0.25) is 0 Å². The molecular formula is C12H23NO3. The molecule has 16 heavy (non-hydrogen) atoms. The molecule has 4 heteroatoms. The summed E-state index contributed by atoms with van der Waals surface area (Å²) in [5.41, 5.74) is -0.527. The number of esters is 1. The van der Waals surface area contributed by atoms with Gasteiger partial charge in [0.25, 0.3) is 0 Å². The average Bonchev–Trinajstić information content (AvgIpc) is 2.25. The fourth-order valence-electron chi connectivity index (χ4n) is 2.30. The van der Waals surface area contributed by atoms with Gasteiger partial charge in [0, 0.05) is 13.1 Å². The maximum absolute atomic E-state index is 11.9. The number of ether oxygens (including phenoxy) is 2. The number of carbonyl (C=O) groups excluding carboxylic acids is 1. The van der Waals surface area contributed by atoms with Crippen LogP contribution >= 0.6 is 0 Å². The van der Waals surface area contributed by atoms with Crippen LogP contribution in [0.25, 0.3) is 0 Å². The molecule has 0 unspecified atom stereocenters. The van der Waals surface area contributed by atoms with E-state index in [4.69, 9.17) is 9.47 Å². The number of hydrogen-bond donors (Lipinski definition) is 0. The van der Waals surface area contributed by atoms with Gasteiger partial charge in [0.2, 0.25) is 0 Å². The molecule has 0 spiro atoms. The maximum Gasteiger partial charge on any atom is 0.325 e. The molecule has 0 N–H and O–H groups in total. The summed E-state index contributed by atoms with van der Waals surface area (Å²) in [6.45, 7) is 9.60. The first-order valence-electron chi connectivity index (χ1n) is 5.93. The van der Waals surface area contributed by atoms with E-state index in [-0.39, 0.29) is 18.2 Å². The molecule has 0 radical (unpaired) electrons. The summed E-state index contributed by atoms with van der Waals surface area (Å²) in [4.78, 5) is 14.1. The van der Waals surface area contributed by atoms with Crippen LogP contribution in [-0.4, -0.2) is 48.8 Å². The summed E-state index contributed by atoms with van der Waals surface area (Å²) in [5.74, 6) is -0.156. The Kier molecular flexibility index (Phi) is 4.33. The highest BCUT2D eigenvalue weighted by Crippen LogP contribution is 2.25. The second-order valence-electron chi connectivity index (χ2n) is 4.78. The third-order valence-corrected chi connectivity index (χ3v) is 3.43. The van der Waals surface area contributed by atoms with Crippen molar-refractivity contribution in [3.05, 3.63) is 0 Å². The SMILES string of the molecule is CC[C@](C)(C(=O)OC)N1C[C@H](C)O[C@@H](C)C1. The van der Waals surface area contributed by atoms with Crippen molar-refractivity contribution < 1.29 is 14.3 Å². The van der Waals surface area contributed by atoms with Crippen LogP contribution in [0, 0.1) is 0 Å². The predicted octanol–water partition coefficient (Wildman–Crippen LogP) is 1.44. The van der Waals surface area contributed by atoms with Crippen molar-refractivity contribution in [3.8, 4) is 0 Å². The first-order chi connectivity index (χ1) is 7.43. The van der Waals surface area contributed by atoms with Crippen molar-refractivity contribution in [3.63, 3.8) is 0 Å². The molecule has 0 aliphatic carbocycles. The molecule has 1 saturated heterocycles. The highest BCUT2D eigenvalue weighted by molar-refractivity contribution is 5.80. The van der Waals surface area contributed by atoms with E-state index < -0.39 is 5.54 Å². The van der Waals surface area contributed by atoms with Gasteiger partial charge in [-0.1, -0.05) is 6.92 Å². The van der Waals surface area contributed by atoms with Crippen molar-refractivity contribution in [2.45, 2.75) is 51.9 Å². The summed E-state index contributed by atoms with van der Waals surface area (Å²) in [7, 11) is 1.45. The predicted molar refractivity (Wildman–Crippen MR) is 62.3 cm³/mol. The molecule has 0 saturated carbocycles. The van der Waals surface area contributed by atoms with Gasteiger partial charge in [-0.25, -0.2) is 0 Å². The largest absolute Gasteiger partial charge is 0.468 e. The van der Waals surface area contributed by atoms with E-state index in [9.17, 15) is 4.79 Å². The van der Waals surface area contributed by atoms with E-state index >= 15 is 0 Å². The number of hydrogen-bond acceptors (Lipinski definition) is 4. The van der Waals surface area contributed by atoms with Crippen molar-refractivity contribution in [1.29, 1.82) is 0 Å². The van der Waals surface area contributed by atoms with E-state index in [0.29, 0.717) is 0 Å². The summed E-state index contributed by atoms with van der Waals surface area (Å²) in [6, 6.07) is 0. The maximum atomic E-state index is 11.9. The van der Waals surface area contributed by atoms with Crippen LogP contribution in [0.15, 0.2) is 0 Å². The number of methoxy groups -OCH3 is 1. The standard InChI is InChI=1S/C12H23NO3/c1-6-12(4,11(14)15-5)13-7-9(2)16-10(3)8-13/h9-10H,6-8H2,1-5H3/t9-,10-,12+/m0/s1. The molecular weight excluding hydrogens is 206 g/mol. The Morgan fingerprint density at radius 3 is 2.31 bits per heavy atom.